The van der Waals surface area contributed by atoms with Gasteiger partial charge < -0.3 is 18.9 Å². The minimum Gasteiger partial charge on any atom is -0.466 e. The number of benzene rings is 3. The molecule has 5 nitrogen and oxygen atoms in total. The van der Waals surface area contributed by atoms with Crippen molar-refractivity contribution < 1.29 is 23.7 Å². The van der Waals surface area contributed by atoms with Gasteiger partial charge in [-0.2, -0.15) is 0 Å². The second-order valence-electron chi connectivity index (χ2n) is 14.2. The standard InChI is InChI=1S/C47H70O5/c1-3-5-6-7-8-9-10-11-12-13-14-15-17-29-38-49-40-45(51-39-30-18-16-28-37-46(48)50-4-2)41-52-47(42-31-22-19-23-32-42,43-33-24-20-25-34-43)44-35-26-21-27-36-44/h19-27,31-36,45H,3-18,28-30,37-41H2,1-2H3/t45-/m1/s1. The maximum absolute atomic E-state index is 11.7. The largest absolute Gasteiger partial charge is 0.466 e. The Hall–Kier alpha value is -2.99. The SMILES string of the molecule is CCCCCCCCCCCCCCCCOC[C@H](COC(c1ccccc1)(c1ccccc1)c1ccccc1)OCCCCCCC(=O)OCC. The molecule has 288 valence electrons. The third-order valence-electron chi connectivity index (χ3n) is 9.91. The Morgan fingerprint density at radius 1 is 0.519 bits per heavy atom. The average molecular weight is 715 g/mol. The quantitative estimate of drug-likeness (QED) is 0.0366. The second-order valence-corrected chi connectivity index (χ2v) is 14.2. The van der Waals surface area contributed by atoms with Crippen molar-refractivity contribution in [3.63, 3.8) is 0 Å². The van der Waals surface area contributed by atoms with E-state index in [4.69, 9.17) is 18.9 Å². The van der Waals surface area contributed by atoms with Crippen molar-refractivity contribution in [2.75, 3.05) is 33.0 Å². The first-order valence-electron chi connectivity index (χ1n) is 20.9. The van der Waals surface area contributed by atoms with Gasteiger partial charge in [0, 0.05) is 19.6 Å². The molecule has 3 aromatic rings. The third kappa shape index (κ3) is 17.2. The van der Waals surface area contributed by atoms with Crippen LogP contribution in [0.25, 0.3) is 0 Å². The molecule has 0 aliphatic heterocycles. The number of esters is 1. The molecule has 5 heteroatoms. The zero-order chi connectivity index (χ0) is 36.8. The summed E-state index contributed by atoms with van der Waals surface area (Å²) in [5.41, 5.74) is 2.44. The van der Waals surface area contributed by atoms with Crippen LogP contribution in [0.15, 0.2) is 91.0 Å². The van der Waals surface area contributed by atoms with Gasteiger partial charge in [0.15, 0.2) is 0 Å². The van der Waals surface area contributed by atoms with E-state index >= 15 is 0 Å². The van der Waals surface area contributed by atoms with Gasteiger partial charge in [0.1, 0.15) is 11.7 Å². The summed E-state index contributed by atoms with van der Waals surface area (Å²) in [5.74, 6) is -0.106. The first-order chi connectivity index (χ1) is 25.7. The number of carbonyl (C=O) groups is 1. The molecule has 0 fully saturated rings. The Morgan fingerprint density at radius 2 is 0.942 bits per heavy atom. The van der Waals surface area contributed by atoms with Gasteiger partial charge in [-0.1, -0.05) is 194 Å². The molecule has 0 spiro atoms. The van der Waals surface area contributed by atoms with Gasteiger partial charge in [0.2, 0.25) is 0 Å². The molecule has 0 saturated carbocycles. The summed E-state index contributed by atoms with van der Waals surface area (Å²) >= 11 is 0. The van der Waals surface area contributed by atoms with Gasteiger partial charge in [-0.25, -0.2) is 0 Å². The summed E-state index contributed by atoms with van der Waals surface area (Å²) in [5, 5.41) is 0. The summed E-state index contributed by atoms with van der Waals surface area (Å²) in [4.78, 5) is 11.7. The molecule has 1 atom stereocenters. The van der Waals surface area contributed by atoms with Crippen molar-refractivity contribution in [2.24, 2.45) is 0 Å². The highest BCUT2D eigenvalue weighted by Gasteiger charge is 2.38. The van der Waals surface area contributed by atoms with Crippen LogP contribution in [0.3, 0.4) is 0 Å². The van der Waals surface area contributed by atoms with Gasteiger partial charge in [-0.15, -0.1) is 0 Å². The zero-order valence-corrected chi connectivity index (χ0v) is 32.7. The molecule has 0 radical (unpaired) electrons. The monoisotopic (exact) mass is 715 g/mol. The first kappa shape index (κ1) is 43.4. The molecule has 0 unspecified atom stereocenters. The number of hydrogen-bond acceptors (Lipinski definition) is 5. The number of carbonyl (C=O) groups excluding carboxylic acids is 1. The Bertz CT molecular complexity index is 1150. The Balaban J connectivity index is 1.51. The minimum atomic E-state index is -0.798. The summed E-state index contributed by atoms with van der Waals surface area (Å²) in [7, 11) is 0. The highest BCUT2D eigenvalue weighted by Crippen LogP contribution is 2.40. The van der Waals surface area contributed by atoms with Crippen molar-refractivity contribution in [3.8, 4) is 0 Å². The summed E-state index contributed by atoms with van der Waals surface area (Å²) < 4.78 is 25.0. The lowest BCUT2D eigenvalue weighted by Crippen LogP contribution is -2.37. The predicted molar refractivity (Wildman–Crippen MR) is 216 cm³/mol. The molecule has 0 amide bonds. The Morgan fingerprint density at radius 3 is 1.40 bits per heavy atom. The molecule has 0 aliphatic carbocycles. The Kier molecular flexibility index (Phi) is 23.8. The highest BCUT2D eigenvalue weighted by molar-refractivity contribution is 5.69. The molecule has 0 heterocycles. The molecule has 3 aromatic carbocycles. The highest BCUT2D eigenvalue weighted by atomic mass is 16.6. The van der Waals surface area contributed by atoms with Gasteiger partial charge in [0.25, 0.3) is 0 Å². The van der Waals surface area contributed by atoms with Gasteiger partial charge >= 0.3 is 5.97 Å². The van der Waals surface area contributed by atoms with Gasteiger partial charge in [-0.3, -0.25) is 4.79 Å². The van der Waals surface area contributed by atoms with Crippen molar-refractivity contribution in [2.45, 2.75) is 148 Å². The van der Waals surface area contributed by atoms with Gasteiger partial charge in [-0.05, 0) is 42.9 Å². The van der Waals surface area contributed by atoms with Crippen LogP contribution in [0.2, 0.25) is 0 Å². The molecule has 3 rings (SSSR count). The Labute approximate surface area is 317 Å². The molecule has 0 N–H and O–H groups in total. The summed E-state index contributed by atoms with van der Waals surface area (Å²) in [6, 6.07) is 31.5. The van der Waals surface area contributed by atoms with Crippen LogP contribution in [0.4, 0.5) is 0 Å². The van der Waals surface area contributed by atoms with Crippen LogP contribution < -0.4 is 0 Å². The van der Waals surface area contributed by atoms with Crippen LogP contribution in [0.5, 0.6) is 0 Å². The van der Waals surface area contributed by atoms with E-state index < -0.39 is 5.60 Å². The second kappa shape index (κ2) is 28.5. The third-order valence-corrected chi connectivity index (χ3v) is 9.91. The number of rotatable bonds is 32. The van der Waals surface area contributed by atoms with Crippen LogP contribution in [0.1, 0.15) is 153 Å². The van der Waals surface area contributed by atoms with Gasteiger partial charge in [0.05, 0.1) is 19.8 Å². The van der Waals surface area contributed by atoms with Crippen LogP contribution in [0, 0.1) is 0 Å². The lowest BCUT2D eigenvalue weighted by Gasteiger charge is -2.37. The normalized spacial score (nSPS) is 12.2. The van der Waals surface area contributed by atoms with Crippen molar-refractivity contribution in [3.05, 3.63) is 108 Å². The van der Waals surface area contributed by atoms with Crippen LogP contribution in [-0.2, 0) is 29.3 Å². The predicted octanol–water partition coefficient (Wildman–Crippen LogP) is 12.4. The lowest BCUT2D eigenvalue weighted by atomic mass is 9.80. The minimum absolute atomic E-state index is 0.106. The molecule has 0 aliphatic rings. The fourth-order valence-corrected chi connectivity index (χ4v) is 6.95. The van der Waals surface area contributed by atoms with E-state index in [1.165, 1.54) is 83.5 Å². The van der Waals surface area contributed by atoms with Crippen molar-refractivity contribution in [1.82, 2.24) is 0 Å². The van der Waals surface area contributed by atoms with E-state index in [1.54, 1.807) is 0 Å². The number of hydrogen-bond donors (Lipinski definition) is 0. The first-order valence-corrected chi connectivity index (χ1v) is 20.9. The fraction of sp³-hybridized carbons (Fsp3) is 0.596. The number of unbranched alkanes of at least 4 members (excludes halogenated alkanes) is 16. The molecule has 0 saturated heterocycles. The number of ether oxygens (including phenoxy) is 4. The van der Waals surface area contributed by atoms with E-state index in [-0.39, 0.29) is 12.1 Å². The van der Waals surface area contributed by atoms with E-state index in [0.29, 0.717) is 32.8 Å². The molecule has 0 aromatic heterocycles. The molecule has 0 bridgehead atoms. The van der Waals surface area contributed by atoms with E-state index in [9.17, 15) is 4.79 Å². The topological polar surface area (TPSA) is 54.0 Å². The summed E-state index contributed by atoms with van der Waals surface area (Å²) in [6.45, 7) is 6.84. The summed E-state index contributed by atoms with van der Waals surface area (Å²) in [6.07, 6.45) is 22.9. The van der Waals surface area contributed by atoms with E-state index in [0.717, 1.165) is 55.4 Å². The molecular formula is C47H70O5. The van der Waals surface area contributed by atoms with Crippen molar-refractivity contribution in [1.29, 1.82) is 0 Å². The fourth-order valence-electron chi connectivity index (χ4n) is 6.95. The smallest absolute Gasteiger partial charge is 0.305 e. The maximum Gasteiger partial charge on any atom is 0.305 e. The van der Waals surface area contributed by atoms with Crippen LogP contribution in [-0.4, -0.2) is 45.1 Å². The molecule has 52 heavy (non-hydrogen) atoms. The van der Waals surface area contributed by atoms with E-state index in [1.807, 2.05) is 25.1 Å². The zero-order valence-electron chi connectivity index (χ0n) is 32.7. The lowest BCUT2D eigenvalue weighted by molar-refractivity contribution is -0.143. The van der Waals surface area contributed by atoms with E-state index in [2.05, 4.69) is 79.7 Å². The maximum atomic E-state index is 11.7. The average Bonchev–Trinajstić information content (AvgIpc) is 3.18. The molecular weight excluding hydrogens is 645 g/mol. The van der Waals surface area contributed by atoms with Crippen molar-refractivity contribution >= 4 is 5.97 Å². The van der Waals surface area contributed by atoms with Crippen LogP contribution >= 0.6 is 0 Å².